The van der Waals surface area contributed by atoms with E-state index in [0.717, 1.165) is 5.69 Å². The van der Waals surface area contributed by atoms with Crippen molar-refractivity contribution in [2.75, 3.05) is 11.9 Å². The van der Waals surface area contributed by atoms with Gasteiger partial charge in [0.1, 0.15) is 11.3 Å². The summed E-state index contributed by atoms with van der Waals surface area (Å²) in [6, 6.07) is 8.28. The van der Waals surface area contributed by atoms with Gasteiger partial charge in [-0.15, -0.1) is 0 Å². The predicted molar refractivity (Wildman–Crippen MR) is 101 cm³/mol. The van der Waals surface area contributed by atoms with Gasteiger partial charge in [0.15, 0.2) is 5.65 Å². The van der Waals surface area contributed by atoms with Crippen molar-refractivity contribution >= 4 is 40.0 Å². The highest BCUT2D eigenvalue weighted by atomic mass is 35.5. The van der Waals surface area contributed by atoms with Gasteiger partial charge in [-0.25, -0.2) is 14.8 Å². The maximum absolute atomic E-state index is 12.5. The summed E-state index contributed by atoms with van der Waals surface area (Å²) in [5.41, 5.74) is 2.39. The lowest BCUT2D eigenvalue weighted by Crippen LogP contribution is -2.10. The molecule has 2 heterocycles. The van der Waals surface area contributed by atoms with Crippen LogP contribution in [0.5, 0.6) is 5.75 Å². The first-order valence-electron chi connectivity index (χ1n) is 8.18. The van der Waals surface area contributed by atoms with Gasteiger partial charge in [0.2, 0.25) is 0 Å². The molecule has 3 rings (SSSR count). The summed E-state index contributed by atoms with van der Waals surface area (Å²) in [7, 11) is 0. The summed E-state index contributed by atoms with van der Waals surface area (Å²) in [4.78, 5) is 21.1. The maximum atomic E-state index is 12.5. The molecule has 0 spiro atoms. The van der Waals surface area contributed by atoms with E-state index in [1.165, 1.54) is 12.3 Å². The maximum Gasteiger partial charge on any atom is 0.341 e. The summed E-state index contributed by atoms with van der Waals surface area (Å²) in [6.07, 6.45) is 2.14. The second kappa shape index (κ2) is 7.58. The van der Waals surface area contributed by atoms with Gasteiger partial charge >= 0.3 is 5.97 Å². The number of phenols is 1. The van der Waals surface area contributed by atoms with Gasteiger partial charge in [-0.3, -0.25) is 0 Å². The third kappa shape index (κ3) is 3.70. The number of esters is 1. The average molecular weight is 372 g/mol. The molecule has 6 nitrogen and oxygen atoms in total. The van der Waals surface area contributed by atoms with Crippen LogP contribution in [0.3, 0.4) is 0 Å². The molecule has 0 amide bonds. The number of anilines is 2. The number of ether oxygens (including phenoxy) is 1. The van der Waals surface area contributed by atoms with Crippen LogP contribution in [0.2, 0.25) is 5.02 Å². The average Bonchev–Trinajstić information content (AvgIpc) is 2.62. The summed E-state index contributed by atoms with van der Waals surface area (Å²) in [5.74, 6) is -0.488. The topological polar surface area (TPSA) is 84.3 Å². The van der Waals surface area contributed by atoms with Gasteiger partial charge in [0, 0.05) is 22.3 Å². The van der Waals surface area contributed by atoms with E-state index in [-0.39, 0.29) is 11.3 Å². The third-order valence-corrected chi connectivity index (χ3v) is 3.98. The van der Waals surface area contributed by atoms with Gasteiger partial charge in [-0.2, -0.15) is 0 Å². The van der Waals surface area contributed by atoms with Crippen molar-refractivity contribution < 1.29 is 14.6 Å². The number of aromatic hydroxyl groups is 1. The molecule has 2 aromatic heterocycles. The lowest BCUT2D eigenvalue weighted by molar-refractivity contribution is 0.0506. The van der Waals surface area contributed by atoms with E-state index in [1.54, 1.807) is 12.1 Å². The monoisotopic (exact) mass is 371 g/mol. The van der Waals surface area contributed by atoms with Crippen LogP contribution in [0.25, 0.3) is 11.0 Å². The molecule has 2 N–H and O–H groups in total. The number of phenolic OH excluding ortho intramolecular Hbond substituents is 1. The van der Waals surface area contributed by atoms with Crippen LogP contribution in [0.15, 0.2) is 36.5 Å². The molecule has 134 valence electrons. The van der Waals surface area contributed by atoms with Gasteiger partial charge in [-0.05, 0) is 43.7 Å². The first-order valence-corrected chi connectivity index (χ1v) is 8.56. The number of nitrogens with one attached hydrogen (secondary N) is 1. The van der Waals surface area contributed by atoms with Crippen LogP contribution >= 0.6 is 11.6 Å². The quantitative estimate of drug-likeness (QED) is 0.503. The Bertz CT molecular complexity index is 976. The fourth-order valence-electron chi connectivity index (χ4n) is 2.48. The number of rotatable bonds is 5. The van der Waals surface area contributed by atoms with Crippen LogP contribution in [0, 0.1) is 6.92 Å². The highest BCUT2D eigenvalue weighted by molar-refractivity contribution is 6.31. The molecular formula is C19H18ClN3O3. The summed E-state index contributed by atoms with van der Waals surface area (Å²) in [6.45, 7) is 4.09. The van der Waals surface area contributed by atoms with Crippen molar-refractivity contribution in [2.45, 2.75) is 20.3 Å². The molecule has 0 aliphatic carbocycles. The number of carbonyl (C=O) groups is 1. The Hall–Kier alpha value is -2.86. The Labute approximate surface area is 155 Å². The van der Waals surface area contributed by atoms with Crippen molar-refractivity contribution in [3.63, 3.8) is 0 Å². The minimum atomic E-state index is -0.495. The van der Waals surface area contributed by atoms with E-state index in [9.17, 15) is 9.90 Å². The number of carbonyl (C=O) groups excluding carboxylic acids is 1. The number of hydrogen-bond donors (Lipinski definition) is 2. The van der Waals surface area contributed by atoms with Crippen molar-refractivity contribution in [3.8, 4) is 5.75 Å². The minimum Gasteiger partial charge on any atom is -0.506 e. The van der Waals surface area contributed by atoms with Crippen molar-refractivity contribution in [2.24, 2.45) is 0 Å². The fourth-order valence-corrected chi connectivity index (χ4v) is 2.65. The Morgan fingerprint density at radius 1 is 1.31 bits per heavy atom. The number of fused-ring (bicyclic) bond motifs is 1. The van der Waals surface area contributed by atoms with Gasteiger partial charge in [0.05, 0.1) is 18.0 Å². The first kappa shape index (κ1) is 17.9. The molecule has 0 aliphatic heterocycles. The molecule has 0 saturated carbocycles. The number of pyridine rings is 2. The third-order valence-electron chi connectivity index (χ3n) is 3.74. The van der Waals surface area contributed by atoms with Gasteiger partial charge in [0.25, 0.3) is 0 Å². The van der Waals surface area contributed by atoms with Crippen molar-refractivity contribution in [1.82, 2.24) is 9.97 Å². The zero-order chi connectivity index (χ0) is 18.7. The van der Waals surface area contributed by atoms with Crippen LogP contribution in [0.4, 0.5) is 11.4 Å². The molecule has 0 radical (unpaired) electrons. The molecule has 0 atom stereocenters. The summed E-state index contributed by atoms with van der Waals surface area (Å²) < 4.78 is 5.25. The zero-order valence-corrected chi connectivity index (χ0v) is 15.2. The highest BCUT2D eigenvalue weighted by Crippen LogP contribution is 2.34. The van der Waals surface area contributed by atoms with E-state index in [4.69, 9.17) is 16.3 Å². The molecule has 3 aromatic rings. The van der Waals surface area contributed by atoms with Crippen LogP contribution in [-0.2, 0) is 4.74 Å². The molecule has 0 unspecified atom stereocenters. The predicted octanol–water partition coefficient (Wildman–Crippen LogP) is 4.61. The lowest BCUT2D eigenvalue weighted by Gasteiger charge is -2.15. The number of benzene rings is 1. The van der Waals surface area contributed by atoms with E-state index >= 15 is 0 Å². The standard InChI is InChI=1S/C19H18ClN3O3/c1-3-8-26-19(25)14-10-21-18-13(6-4-11(2)22-18)17(14)23-15-9-12(20)5-7-16(15)24/h4-7,9-10,24H,3,8H2,1-2H3,(H,21,22,23). The molecule has 1 aromatic carbocycles. The normalized spacial score (nSPS) is 10.7. The molecule has 0 fully saturated rings. The van der Waals surface area contributed by atoms with Crippen LogP contribution < -0.4 is 5.32 Å². The Morgan fingerprint density at radius 2 is 2.12 bits per heavy atom. The molecule has 0 saturated heterocycles. The smallest absolute Gasteiger partial charge is 0.341 e. The zero-order valence-electron chi connectivity index (χ0n) is 14.4. The van der Waals surface area contributed by atoms with Crippen LogP contribution in [0.1, 0.15) is 29.4 Å². The number of aromatic nitrogens is 2. The largest absolute Gasteiger partial charge is 0.506 e. The van der Waals surface area contributed by atoms with E-state index in [2.05, 4.69) is 15.3 Å². The summed E-state index contributed by atoms with van der Waals surface area (Å²) in [5, 5.41) is 14.3. The Balaban J connectivity index is 2.15. The number of hydrogen-bond acceptors (Lipinski definition) is 6. The SMILES string of the molecule is CCCOC(=O)c1cnc2nc(C)ccc2c1Nc1cc(Cl)ccc1O. The molecule has 26 heavy (non-hydrogen) atoms. The first-order chi connectivity index (χ1) is 12.5. The molecule has 7 heteroatoms. The van der Waals surface area contributed by atoms with Crippen molar-refractivity contribution in [1.29, 1.82) is 0 Å². The van der Waals surface area contributed by atoms with E-state index in [1.807, 2.05) is 26.0 Å². The number of aryl methyl sites for hydroxylation is 1. The second-order valence-electron chi connectivity index (χ2n) is 5.79. The molecule has 0 bridgehead atoms. The number of nitrogens with zero attached hydrogens (tertiary/aromatic N) is 2. The van der Waals surface area contributed by atoms with E-state index in [0.29, 0.717) is 40.5 Å². The fraction of sp³-hybridized carbons (Fsp3) is 0.211. The van der Waals surface area contributed by atoms with E-state index < -0.39 is 5.97 Å². The minimum absolute atomic E-state index is 0.00677. The van der Waals surface area contributed by atoms with Gasteiger partial charge in [-0.1, -0.05) is 18.5 Å². The van der Waals surface area contributed by atoms with Crippen LogP contribution in [-0.4, -0.2) is 27.7 Å². The highest BCUT2D eigenvalue weighted by Gasteiger charge is 2.19. The Morgan fingerprint density at radius 3 is 2.88 bits per heavy atom. The second-order valence-corrected chi connectivity index (χ2v) is 6.23. The molecule has 0 aliphatic rings. The Kier molecular flexibility index (Phi) is 5.23. The molecular weight excluding hydrogens is 354 g/mol. The number of halogens is 1. The summed E-state index contributed by atoms with van der Waals surface area (Å²) >= 11 is 6.03. The lowest BCUT2D eigenvalue weighted by atomic mass is 10.1. The van der Waals surface area contributed by atoms with Crippen molar-refractivity contribution in [3.05, 3.63) is 52.8 Å². The van der Waals surface area contributed by atoms with Gasteiger partial charge < -0.3 is 15.2 Å².